The molecular weight excluding hydrogens is 598 g/mol. The zero-order valence-corrected chi connectivity index (χ0v) is 27.7. The monoisotopic (exact) mass is 645 g/mol. The predicted octanol–water partition coefficient (Wildman–Crippen LogP) is 3.18. The number of rotatable bonds is 7. The zero-order chi connectivity index (χ0) is 33.1. The zero-order valence-electron chi connectivity index (χ0n) is 27.7. The topological polar surface area (TPSA) is 127 Å². The van der Waals surface area contributed by atoms with E-state index in [0.717, 1.165) is 61.3 Å². The molecule has 0 saturated carbocycles. The van der Waals surface area contributed by atoms with Crippen molar-refractivity contribution in [2.75, 3.05) is 59.4 Å². The Labute approximate surface area is 275 Å². The number of phenols is 1. The first-order valence-corrected chi connectivity index (χ1v) is 16.9. The molecule has 2 aromatic carbocycles. The number of hydrogen-bond acceptors (Lipinski definition) is 8. The van der Waals surface area contributed by atoms with E-state index in [9.17, 15) is 19.5 Å². The highest BCUT2D eigenvalue weighted by Crippen LogP contribution is 2.27. The van der Waals surface area contributed by atoms with Crippen LogP contribution in [0.25, 0.3) is 11.4 Å². The summed E-state index contributed by atoms with van der Waals surface area (Å²) in [4.78, 5) is 51.5. The maximum Gasteiger partial charge on any atom is 0.410 e. The number of aromatic hydroxyl groups is 1. The van der Waals surface area contributed by atoms with E-state index in [2.05, 4.69) is 26.9 Å². The molecule has 1 unspecified atom stereocenters. The summed E-state index contributed by atoms with van der Waals surface area (Å²) >= 11 is 0. The van der Waals surface area contributed by atoms with E-state index in [4.69, 9.17) is 4.74 Å². The Bertz CT molecular complexity index is 1570. The van der Waals surface area contributed by atoms with Gasteiger partial charge in [-0.05, 0) is 63.3 Å². The molecule has 2 N–H and O–H groups in total. The van der Waals surface area contributed by atoms with E-state index in [0.29, 0.717) is 50.9 Å². The standard InChI is InChI=1S/C35H47N7O5/c1-24-21-26(22-25(2)31(24)43)23-30(33(44)40-13-9-28(10-14-40)39-19-17-38(3)18-20-39)47-35(46)41-15-11-29(12-16-41)42-34(45)36-32(37-42)27-7-5-4-6-8-27/h4-8,21-22,28-30,43H,9-20,23H2,1-3H3,(H,36,37,45). The third kappa shape index (κ3) is 7.54. The molecule has 12 nitrogen and oxygen atoms in total. The van der Waals surface area contributed by atoms with Gasteiger partial charge in [0.15, 0.2) is 11.9 Å². The Kier molecular flexibility index (Phi) is 9.97. The number of piperazine rings is 1. The molecule has 3 saturated heterocycles. The van der Waals surface area contributed by atoms with Gasteiger partial charge in [0.2, 0.25) is 0 Å². The summed E-state index contributed by atoms with van der Waals surface area (Å²) in [6, 6.07) is 13.5. The number of carbonyl (C=O) groups excluding carboxylic acids is 2. The van der Waals surface area contributed by atoms with Crippen LogP contribution in [0.1, 0.15) is 48.4 Å². The van der Waals surface area contributed by atoms with Crippen molar-refractivity contribution in [3.8, 4) is 17.1 Å². The molecule has 3 aliphatic heterocycles. The van der Waals surface area contributed by atoms with Gasteiger partial charge in [-0.15, -0.1) is 5.10 Å². The fourth-order valence-electron chi connectivity index (χ4n) is 7.20. The number of hydrogen-bond donors (Lipinski definition) is 2. The van der Waals surface area contributed by atoms with Crippen molar-refractivity contribution < 1.29 is 19.4 Å². The predicted molar refractivity (Wildman–Crippen MR) is 178 cm³/mol. The van der Waals surface area contributed by atoms with Gasteiger partial charge in [-0.25, -0.2) is 14.3 Å². The molecule has 0 bridgehead atoms. The van der Waals surface area contributed by atoms with E-state index in [1.807, 2.05) is 61.2 Å². The van der Waals surface area contributed by atoms with Crippen LogP contribution in [0.4, 0.5) is 4.79 Å². The lowest BCUT2D eigenvalue weighted by atomic mass is 9.98. The smallest absolute Gasteiger partial charge is 0.410 e. The van der Waals surface area contributed by atoms with Gasteiger partial charge < -0.3 is 24.5 Å². The summed E-state index contributed by atoms with van der Waals surface area (Å²) in [6.07, 6.45) is 1.61. The number of likely N-dealkylation sites (tertiary alicyclic amines) is 2. The lowest BCUT2D eigenvalue weighted by Gasteiger charge is -2.42. The molecule has 1 atom stereocenters. The van der Waals surface area contributed by atoms with Gasteiger partial charge in [0.25, 0.3) is 5.91 Å². The molecule has 0 aliphatic carbocycles. The summed E-state index contributed by atoms with van der Waals surface area (Å²) in [5, 5.41) is 14.9. The lowest BCUT2D eigenvalue weighted by molar-refractivity contribution is -0.142. The van der Waals surface area contributed by atoms with Crippen LogP contribution in [0.2, 0.25) is 0 Å². The van der Waals surface area contributed by atoms with Crippen LogP contribution in [0.5, 0.6) is 5.75 Å². The molecule has 3 aromatic rings. The van der Waals surface area contributed by atoms with Crippen LogP contribution in [0.15, 0.2) is 47.3 Å². The summed E-state index contributed by atoms with van der Waals surface area (Å²) in [6.45, 7) is 9.92. The molecule has 12 heteroatoms. The Morgan fingerprint density at radius 2 is 1.49 bits per heavy atom. The number of aryl methyl sites for hydroxylation is 2. The first-order valence-electron chi connectivity index (χ1n) is 16.9. The quantitative estimate of drug-likeness (QED) is 0.401. The molecule has 47 heavy (non-hydrogen) atoms. The molecule has 3 aliphatic rings. The summed E-state index contributed by atoms with van der Waals surface area (Å²) in [7, 11) is 2.15. The Hall–Kier alpha value is -4.16. The maximum absolute atomic E-state index is 14.0. The number of nitrogens with zero attached hydrogens (tertiary/aromatic N) is 6. The Morgan fingerprint density at radius 1 is 0.894 bits per heavy atom. The third-order valence-corrected chi connectivity index (χ3v) is 10.1. The second kappa shape index (κ2) is 14.3. The van der Waals surface area contributed by atoms with Crippen LogP contribution in [-0.2, 0) is 16.0 Å². The SMILES string of the molecule is Cc1cc(CC(OC(=O)N2CCC(n3nc(-c4ccccc4)[nH]c3=O)CC2)C(=O)N2CCC(N3CCN(C)CC3)CC2)cc(C)c1O. The van der Waals surface area contributed by atoms with E-state index >= 15 is 0 Å². The third-order valence-electron chi connectivity index (χ3n) is 10.1. The van der Waals surface area contributed by atoms with Crippen LogP contribution < -0.4 is 5.69 Å². The highest BCUT2D eigenvalue weighted by molar-refractivity contribution is 5.84. The number of H-pyrrole nitrogens is 1. The molecule has 4 heterocycles. The van der Waals surface area contributed by atoms with Gasteiger partial charge in [0.05, 0.1) is 6.04 Å². The second-order valence-corrected chi connectivity index (χ2v) is 13.4. The van der Waals surface area contributed by atoms with Gasteiger partial charge >= 0.3 is 11.8 Å². The fraction of sp³-hybridized carbons (Fsp3) is 0.543. The van der Waals surface area contributed by atoms with Crippen molar-refractivity contribution in [3.63, 3.8) is 0 Å². The average Bonchev–Trinajstić information content (AvgIpc) is 3.48. The summed E-state index contributed by atoms with van der Waals surface area (Å²) < 4.78 is 7.51. The molecule has 0 radical (unpaired) electrons. The van der Waals surface area contributed by atoms with Crippen molar-refractivity contribution in [1.29, 1.82) is 0 Å². The first-order chi connectivity index (χ1) is 22.7. The van der Waals surface area contributed by atoms with Crippen LogP contribution >= 0.6 is 0 Å². The molecule has 1 aromatic heterocycles. The highest BCUT2D eigenvalue weighted by Gasteiger charge is 2.35. The van der Waals surface area contributed by atoms with Gasteiger partial charge in [0, 0.05) is 70.4 Å². The second-order valence-electron chi connectivity index (χ2n) is 13.4. The number of carbonyl (C=O) groups is 2. The van der Waals surface area contributed by atoms with Crippen LogP contribution in [0.3, 0.4) is 0 Å². The first kappa shape index (κ1) is 32.8. The number of benzene rings is 2. The molecule has 252 valence electrons. The minimum absolute atomic E-state index is 0.151. The minimum atomic E-state index is -0.980. The average molecular weight is 646 g/mol. The van der Waals surface area contributed by atoms with Gasteiger partial charge in [-0.2, -0.15) is 0 Å². The molecule has 2 amide bonds. The number of piperidine rings is 2. The van der Waals surface area contributed by atoms with Gasteiger partial charge in [0.1, 0.15) is 5.75 Å². The number of amides is 2. The molecule has 3 fully saturated rings. The van der Waals surface area contributed by atoms with Crippen molar-refractivity contribution in [2.45, 2.75) is 64.1 Å². The minimum Gasteiger partial charge on any atom is -0.507 e. The van der Waals surface area contributed by atoms with E-state index in [1.54, 1.807) is 4.90 Å². The van der Waals surface area contributed by atoms with Crippen LogP contribution in [-0.4, -0.2) is 123 Å². The van der Waals surface area contributed by atoms with Crippen LogP contribution in [0, 0.1) is 13.8 Å². The van der Waals surface area contributed by atoms with E-state index in [1.165, 1.54) is 4.68 Å². The van der Waals surface area contributed by atoms with Gasteiger partial charge in [-0.3, -0.25) is 14.7 Å². The highest BCUT2D eigenvalue weighted by atomic mass is 16.6. The summed E-state index contributed by atoms with van der Waals surface area (Å²) in [5.74, 6) is 0.574. The van der Waals surface area contributed by atoms with E-state index in [-0.39, 0.29) is 29.8 Å². The number of phenolic OH excluding ortho intramolecular Hbond substituents is 1. The normalized spacial score (nSPS) is 19.6. The maximum atomic E-state index is 14.0. The molecule has 0 spiro atoms. The number of aromatic amines is 1. The number of nitrogens with one attached hydrogen (secondary N) is 1. The fourth-order valence-corrected chi connectivity index (χ4v) is 7.20. The van der Waals surface area contributed by atoms with Gasteiger partial charge in [-0.1, -0.05) is 42.5 Å². The lowest BCUT2D eigenvalue weighted by Crippen LogP contribution is -2.54. The Morgan fingerprint density at radius 3 is 2.13 bits per heavy atom. The Balaban J connectivity index is 1.10. The number of likely N-dealkylation sites (N-methyl/N-ethyl adjacent to an activating group) is 1. The van der Waals surface area contributed by atoms with E-state index < -0.39 is 12.2 Å². The number of aromatic nitrogens is 3. The van der Waals surface area contributed by atoms with Crippen molar-refractivity contribution in [2.24, 2.45) is 0 Å². The molecular formula is C35H47N7O5. The summed E-state index contributed by atoms with van der Waals surface area (Å²) in [5.41, 5.74) is 2.84. The number of ether oxygens (including phenoxy) is 1. The van der Waals surface area contributed by atoms with Crippen molar-refractivity contribution >= 4 is 12.0 Å². The van der Waals surface area contributed by atoms with Crippen molar-refractivity contribution in [1.82, 2.24) is 34.4 Å². The largest absolute Gasteiger partial charge is 0.507 e. The van der Waals surface area contributed by atoms with Crippen molar-refractivity contribution in [3.05, 3.63) is 69.6 Å². The molecule has 6 rings (SSSR count).